The lowest BCUT2D eigenvalue weighted by molar-refractivity contribution is 0.0637. The molecule has 0 aliphatic carbocycles. The highest BCUT2D eigenvalue weighted by Gasteiger charge is 2.37. The number of halogens is 1. The van der Waals surface area contributed by atoms with E-state index in [0.717, 1.165) is 6.07 Å². The molecule has 2 heterocycles. The highest BCUT2D eigenvalue weighted by molar-refractivity contribution is 6.33. The lowest BCUT2D eigenvalue weighted by Crippen LogP contribution is -2.44. The number of benzene rings is 2. The zero-order valence-electron chi connectivity index (χ0n) is 15.7. The fourth-order valence-electron chi connectivity index (χ4n) is 4.11. The number of nitrogens with zero attached hydrogens (tertiary/aromatic N) is 1. The number of aliphatic hydroxyl groups excluding tert-OH is 1. The Kier molecular flexibility index (Phi) is 5.06. The molecule has 3 aromatic rings. The molecule has 1 aliphatic heterocycles. The smallest absolute Gasteiger partial charge is 0.197 e. The van der Waals surface area contributed by atoms with E-state index in [-0.39, 0.29) is 28.0 Å². The van der Waals surface area contributed by atoms with Crippen LogP contribution in [0.25, 0.3) is 22.3 Å². The van der Waals surface area contributed by atoms with E-state index in [1.54, 1.807) is 24.3 Å². The molecule has 0 bridgehead atoms. The van der Waals surface area contributed by atoms with Gasteiger partial charge in [-0.2, -0.15) is 0 Å². The van der Waals surface area contributed by atoms with Crippen LogP contribution in [0.15, 0.2) is 45.6 Å². The Morgan fingerprint density at radius 1 is 1.17 bits per heavy atom. The molecule has 1 aliphatic rings. The molecule has 4 rings (SSSR count). The molecule has 1 aromatic heterocycles. The molecule has 148 valence electrons. The van der Waals surface area contributed by atoms with Crippen molar-refractivity contribution < 1.29 is 19.7 Å². The maximum Gasteiger partial charge on any atom is 0.197 e. The van der Waals surface area contributed by atoms with Gasteiger partial charge in [-0.25, -0.2) is 0 Å². The number of aromatic hydroxyl groups is 2. The van der Waals surface area contributed by atoms with E-state index in [1.807, 2.05) is 11.9 Å². The monoisotopic (exact) mass is 411 g/mol. The van der Waals surface area contributed by atoms with Crippen LogP contribution in [-0.2, 0) is 0 Å². The molecule has 3 unspecified atom stereocenters. The minimum absolute atomic E-state index is 0.00558. The van der Waals surface area contributed by atoms with Gasteiger partial charge in [-0.15, -0.1) is 0 Å². The summed E-state index contributed by atoms with van der Waals surface area (Å²) in [5.41, 5.74) is 0.206. The summed E-state index contributed by atoms with van der Waals surface area (Å²) >= 11 is 6.25. The molecule has 0 amide bonds. The number of fused-ring (bicyclic) bond motifs is 1. The van der Waals surface area contributed by atoms with Crippen LogP contribution < -0.4 is 5.43 Å². The Labute approximate surface area is 173 Å². The largest absolute Gasteiger partial charge is 0.507 e. The van der Waals surface area contributed by atoms with Crippen molar-refractivity contribution in [2.24, 2.45) is 0 Å². The first-order valence-corrected chi connectivity index (χ1v) is 9.55. The molecule has 2 radical (unpaired) electrons. The van der Waals surface area contributed by atoms with Crippen molar-refractivity contribution in [3.63, 3.8) is 0 Å². The van der Waals surface area contributed by atoms with Gasteiger partial charge >= 0.3 is 0 Å². The van der Waals surface area contributed by atoms with Crippen molar-refractivity contribution in [1.29, 1.82) is 0 Å². The first-order valence-electron chi connectivity index (χ1n) is 9.17. The highest BCUT2D eigenvalue weighted by Crippen LogP contribution is 2.45. The minimum Gasteiger partial charge on any atom is -0.507 e. The summed E-state index contributed by atoms with van der Waals surface area (Å²) in [5, 5.41) is 31.9. The third kappa shape index (κ3) is 3.39. The summed E-state index contributed by atoms with van der Waals surface area (Å²) in [6, 6.07) is 9.20. The van der Waals surface area contributed by atoms with Crippen LogP contribution in [0.3, 0.4) is 0 Å². The molecule has 2 aromatic carbocycles. The van der Waals surface area contributed by atoms with Crippen molar-refractivity contribution in [3.05, 3.63) is 57.2 Å². The zero-order valence-corrected chi connectivity index (χ0v) is 16.4. The van der Waals surface area contributed by atoms with Gasteiger partial charge in [-0.3, -0.25) is 4.79 Å². The lowest BCUT2D eigenvalue weighted by atomic mass is 9.68. The average Bonchev–Trinajstić information content (AvgIpc) is 2.63. The van der Waals surface area contributed by atoms with Crippen molar-refractivity contribution >= 4 is 30.4 Å². The lowest BCUT2D eigenvalue weighted by Gasteiger charge is -2.39. The number of phenolic OH excluding ortho intramolecular Hbond substituents is 2. The second kappa shape index (κ2) is 7.41. The molecule has 0 spiro atoms. The van der Waals surface area contributed by atoms with Crippen LogP contribution in [0.2, 0.25) is 10.8 Å². The summed E-state index contributed by atoms with van der Waals surface area (Å²) in [7, 11) is 8.12. The number of aliphatic hydroxyl groups is 1. The van der Waals surface area contributed by atoms with E-state index in [0.29, 0.717) is 23.7 Å². The Morgan fingerprint density at radius 3 is 2.59 bits per heavy atom. The predicted octanol–water partition coefficient (Wildman–Crippen LogP) is 2.87. The first kappa shape index (κ1) is 19.8. The normalized spacial score (nSPS) is 22.8. The SMILES string of the molecule is [B]C1CN(C)CC(O)C1c1c(O)cc(O)c2c(=O)cc(-c3ccccc3Cl)oc12. The number of likely N-dealkylation sites (tertiary alicyclic amines) is 1. The Hall–Kier alpha value is -2.48. The third-order valence-corrected chi connectivity index (χ3v) is 5.70. The van der Waals surface area contributed by atoms with Gasteiger partial charge in [0, 0.05) is 35.7 Å². The molecule has 3 N–H and O–H groups in total. The van der Waals surface area contributed by atoms with E-state index >= 15 is 0 Å². The Balaban J connectivity index is 2.02. The summed E-state index contributed by atoms with van der Waals surface area (Å²) < 4.78 is 5.99. The van der Waals surface area contributed by atoms with Crippen molar-refractivity contribution in [2.75, 3.05) is 20.1 Å². The van der Waals surface area contributed by atoms with Crippen molar-refractivity contribution in [3.8, 4) is 22.8 Å². The van der Waals surface area contributed by atoms with Gasteiger partial charge in [-0.05, 0) is 25.7 Å². The molecule has 1 fully saturated rings. The van der Waals surface area contributed by atoms with Crippen LogP contribution in [0.1, 0.15) is 11.5 Å². The van der Waals surface area contributed by atoms with Gasteiger partial charge in [0.15, 0.2) is 5.43 Å². The van der Waals surface area contributed by atoms with Crippen molar-refractivity contribution in [1.82, 2.24) is 4.90 Å². The molecule has 8 heteroatoms. The second-order valence-electron chi connectivity index (χ2n) is 7.47. The van der Waals surface area contributed by atoms with E-state index < -0.39 is 29.0 Å². The summed E-state index contributed by atoms with van der Waals surface area (Å²) in [6.45, 7) is 0.826. The molecular weight excluding hydrogens is 392 g/mol. The fraction of sp³-hybridized carbons (Fsp3) is 0.286. The van der Waals surface area contributed by atoms with Crippen molar-refractivity contribution in [2.45, 2.75) is 17.8 Å². The van der Waals surface area contributed by atoms with Crippen LogP contribution in [0.5, 0.6) is 11.5 Å². The zero-order chi connectivity index (χ0) is 20.9. The fourth-order valence-corrected chi connectivity index (χ4v) is 4.34. The van der Waals surface area contributed by atoms with Crippen LogP contribution in [0.4, 0.5) is 0 Å². The van der Waals surface area contributed by atoms with Gasteiger partial charge < -0.3 is 24.6 Å². The number of β-amino-alcohol motifs (C(OH)–C–C–N with tert-alkyl or cyclic N) is 1. The van der Waals surface area contributed by atoms with Crippen LogP contribution in [0, 0.1) is 0 Å². The van der Waals surface area contributed by atoms with Gasteiger partial charge in [0.05, 0.1) is 19.0 Å². The van der Waals surface area contributed by atoms with Crippen LogP contribution in [-0.4, -0.2) is 54.3 Å². The van der Waals surface area contributed by atoms with Gasteiger partial charge in [0.25, 0.3) is 0 Å². The molecule has 29 heavy (non-hydrogen) atoms. The number of hydrogen-bond acceptors (Lipinski definition) is 6. The molecular formula is C21H19BClNO5. The Morgan fingerprint density at radius 2 is 1.90 bits per heavy atom. The second-order valence-corrected chi connectivity index (χ2v) is 7.87. The number of phenols is 2. The maximum absolute atomic E-state index is 12.8. The minimum atomic E-state index is -0.892. The Bertz CT molecular complexity index is 1140. The molecule has 6 nitrogen and oxygen atoms in total. The molecule has 1 saturated heterocycles. The molecule has 3 atom stereocenters. The van der Waals surface area contributed by atoms with E-state index in [2.05, 4.69) is 0 Å². The van der Waals surface area contributed by atoms with E-state index in [4.69, 9.17) is 23.9 Å². The highest BCUT2D eigenvalue weighted by atomic mass is 35.5. The molecule has 0 saturated carbocycles. The number of rotatable bonds is 2. The maximum atomic E-state index is 12.8. The standard InChI is InChI=1S/C21H19BClNO5/c1-24-8-11(22)18(16(28)9-24)20-14(26)6-13(25)19-15(27)7-17(29-21(19)20)10-4-2-3-5-12(10)23/h2-7,11,16,18,25-26,28H,8-9H2,1H3. The van der Waals surface area contributed by atoms with E-state index in [1.165, 1.54) is 6.07 Å². The van der Waals surface area contributed by atoms with Crippen LogP contribution >= 0.6 is 11.6 Å². The summed E-state index contributed by atoms with van der Waals surface area (Å²) in [4.78, 5) is 14.7. The van der Waals surface area contributed by atoms with E-state index in [9.17, 15) is 20.1 Å². The summed E-state index contributed by atoms with van der Waals surface area (Å²) in [6.07, 6.45) is -0.892. The predicted molar refractivity (Wildman–Crippen MR) is 112 cm³/mol. The average molecular weight is 412 g/mol. The first-order chi connectivity index (χ1) is 13.8. The third-order valence-electron chi connectivity index (χ3n) is 5.37. The number of likely N-dealkylation sites (N-methyl/N-ethyl adjacent to an activating group) is 1. The number of piperidine rings is 1. The van der Waals surface area contributed by atoms with Gasteiger partial charge in [0.2, 0.25) is 0 Å². The topological polar surface area (TPSA) is 94.1 Å². The summed E-state index contributed by atoms with van der Waals surface area (Å²) in [5.74, 6) is -1.71. The van der Waals surface area contributed by atoms with Gasteiger partial charge in [0.1, 0.15) is 28.2 Å². The van der Waals surface area contributed by atoms with Gasteiger partial charge in [-0.1, -0.05) is 29.6 Å². The quantitative estimate of drug-likeness (QED) is 0.561. The number of hydrogen-bond donors (Lipinski definition) is 3.